The largest absolute Gasteiger partial charge is 0.435 e. The Morgan fingerprint density at radius 2 is 1.85 bits per heavy atom. The first-order valence-electron chi connectivity index (χ1n) is 7.91. The van der Waals surface area contributed by atoms with Crippen LogP contribution in [-0.4, -0.2) is 36.9 Å². The number of alkyl halides is 4. The lowest BCUT2D eigenvalue weighted by atomic mass is 9.87. The average Bonchev–Trinajstić information content (AvgIpc) is 2.49. The van der Waals surface area contributed by atoms with E-state index in [4.69, 9.17) is 0 Å². The van der Waals surface area contributed by atoms with Gasteiger partial charge in [0.15, 0.2) is 0 Å². The molecule has 148 valence electrons. The molecule has 1 amide bonds. The SMILES string of the molecule is CC(C)(C)C(O)CC(=O)NC(COC(F)F)c1cccc(OC(F)F)c1. The van der Waals surface area contributed by atoms with Gasteiger partial charge in [0.05, 0.1) is 25.2 Å². The fourth-order valence-electron chi connectivity index (χ4n) is 2.03. The molecule has 2 unspecified atom stereocenters. The minimum atomic E-state index is -3.06. The minimum absolute atomic E-state index is 0.177. The number of ether oxygens (including phenoxy) is 2. The Balaban J connectivity index is 2.89. The van der Waals surface area contributed by atoms with Crippen LogP contribution in [0.1, 0.15) is 38.8 Å². The van der Waals surface area contributed by atoms with Crippen LogP contribution in [0.3, 0.4) is 0 Å². The highest BCUT2D eigenvalue weighted by atomic mass is 19.3. The molecule has 26 heavy (non-hydrogen) atoms. The number of benzene rings is 1. The summed E-state index contributed by atoms with van der Waals surface area (Å²) in [7, 11) is 0. The van der Waals surface area contributed by atoms with Crippen molar-refractivity contribution in [3.8, 4) is 5.75 Å². The molecule has 2 atom stereocenters. The van der Waals surface area contributed by atoms with Gasteiger partial charge in [0.2, 0.25) is 5.91 Å². The van der Waals surface area contributed by atoms with Gasteiger partial charge in [-0.3, -0.25) is 4.79 Å². The molecular formula is C17H23F4NO4. The molecule has 0 saturated carbocycles. The van der Waals surface area contributed by atoms with E-state index in [1.165, 1.54) is 24.3 Å². The number of aliphatic hydroxyl groups excluding tert-OH is 1. The molecule has 0 heterocycles. The van der Waals surface area contributed by atoms with Crippen molar-refractivity contribution in [2.24, 2.45) is 5.41 Å². The molecule has 1 rings (SSSR count). The predicted molar refractivity (Wildman–Crippen MR) is 86.0 cm³/mol. The fraction of sp³-hybridized carbons (Fsp3) is 0.588. The van der Waals surface area contributed by atoms with E-state index >= 15 is 0 Å². The zero-order chi connectivity index (χ0) is 19.9. The maximum absolute atomic E-state index is 12.4. The highest BCUT2D eigenvalue weighted by Gasteiger charge is 2.26. The summed E-state index contributed by atoms with van der Waals surface area (Å²) in [5, 5.41) is 12.5. The van der Waals surface area contributed by atoms with Crippen molar-refractivity contribution in [3.63, 3.8) is 0 Å². The van der Waals surface area contributed by atoms with E-state index in [1.54, 1.807) is 20.8 Å². The maximum Gasteiger partial charge on any atom is 0.387 e. The number of carbonyl (C=O) groups is 1. The Bertz CT molecular complexity index is 578. The highest BCUT2D eigenvalue weighted by molar-refractivity contribution is 5.77. The molecule has 1 aromatic carbocycles. The zero-order valence-electron chi connectivity index (χ0n) is 14.7. The van der Waals surface area contributed by atoms with E-state index in [-0.39, 0.29) is 17.7 Å². The topological polar surface area (TPSA) is 67.8 Å². The molecule has 0 aliphatic carbocycles. The Hall–Kier alpha value is -1.87. The molecule has 0 aromatic heterocycles. The number of carbonyl (C=O) groups excluding carboxylic acids is 1. The molecule has 0 aliphatic heterocycles. The van der Waals surface area contributed by atoms with Gasteiger partial charge in [-0.05, 0) is 23.1 Å². The van der Waals surface area contributed by atoms with Gasteiger partial charge in [0, 0.05) is 0 Å². The van der Waals surface area contributed by atoms with Gasteiger partial charge in [-0.1, -0.05) is 32.9 Å². The van der Waals surface area contributed by atoms with Crippen molar-refractivity contribution in [2.75, 3.05) is 6.61 Å². The Labute approximate surface area is 149 Å². The van der Waals surface area contributed by atoms with Gasteiger partial charge < -0.3 is 19.9 Å². The summed E-state index contributed by atoms with van der Waals surface area (Å²) in [6.45, 7) is -1.45. The maximum atomic E-state index is 12.4. The first-order chi connectivity index (χ1) is 12.0. The molecule has 0 spiro atoms. The van der Waals surface area contributed by atoms with Crippen LogP contribution in [-0.2, 0) is 9.53 Å². The van der Waals surface area contributed by atoms with Crippen molar-refractivity contribution >= 4 is 5.91 Å². The quantitative estimate of drug-likeness (QED) is 0.643. The number of amides is 1. The third kappa shape index (κ3) is 8.01. The standard InChI is InChI=1S/C17H23F4NO4/c1-17(2,3)13(23)8-14(24)22-12(9-25-15(18)19)10-5-4-6-11(7-10)26-16(20)21/h4-7,12-13,15-16,23H,8-9H2,1-3H3,(H,22,24). The number of hydrogen-bond acceptors (Lipinski definition) is 4. The zero-order valence-corrected chi connectivity index (χ0v) is 14.7. The number of halogens is 4. The van der Waals surface area contributed by atoms with Crippen molar-refractivity contribution in [1.29, 1.82) is 0 Å². The lowest BCUT2D eigenvalue weighted by molar-refractivity contribution is -0.140. The van der Waals surface area contributed by atoms with Crippen LogP contribution < -0.4 is 10.1 Å². The summed E-state index contributed by atoms with van der Waals surface area (Å²) in [5.41, 5.74) is -0.292. The summed E-state index contributed by atoms with van der Waals surface area (Å²) in [5.74, 6) is -0.765. The summed E-state index contributed by atoms with van der Waals surface area (Å²) in [6, 6.07) is 4.29. The molecule has 0 radical (unpaired) electrons. The van der Waals surface area contributed by atoms with Crippen molar-refractivity contribution < 1.29 is 36.9 Å². The van der Waals surface area contributed by atoms with Gasteiger partial charge in [-0.2, -0.15) is 17.6 Å². The molecule has 2 N–H and O–H groups in total. The second kappa shape index (κ2) is 9.72. The summed E-state index contributed by atoms with van der Waals surface area (Å²) >= 11 is 0. The van der Waals surface area contributed by atoms with E-state index in [2.05, 4.69) is 14.8 Å². The monoisotopic (exact) mass is 381 g/mol. The smallest absolute Gasteiger partial charge is 0.387 e. The van der Waals surface area contributed by atoms with Crippen molar-refractivity contribution in [1.82, 2.24) is 5.32 Å². The highest BCUT2D eigenvalue weighted by Crippen LogP contribution is 2.24. The van der Waals surface area contributed by atoms with Crippen LogP contribution in [0.2, 0.25) is 0 Å². The van der Waals surface area contributed by atoms with Crippen LogP contribution in [0.25, 0.3) is 0 Å². The van der Waals surface area contributed by atoms with Gasteiger partial charge in [-0.25, -0.2) is 0 Å². The van der Waals surface area contributed by atoms with Crippen LogP contribution >= 0.6 is 0 Å². The second-order valence-corrected chi connectivity index (χ2v) is 6.75. The average molecular weight is 381 g/mol. The lowest BCUT2D eigenvalue weighted by Gasteiger charge is -2.26. The van der Waals surface area contributed by atoms with E-state index in [0.717, 1.165) is 0 Å². The molecular weight excluding hydrogens is 358 g/mol. The summed E-state index contributed by atoms with van der Waals surface area (Å²) in [6.07, 6.45) is -1.20. The first-order valence-corrected chi connectivity index (χ1v) is 7.91. The third-order valence-electron chi connectivity index (χ3n) is 3.59. The predicted octanol–water partition coefficient (Wildman–Crippen LogP) is 3.48. The Morgan fingerprint density at radius 3 is 2.38 bits per heavy atom. The van der Waals surface area contributed by atoms with Gasteiger partial charge in [-0.15, -0.1) is 0 Å². The lowest BCUT2D eigenvalue weighted by Crippen LogP contribution is -2.37. The molecule has 1 aromatic rings. The van der Waals surface area contributed by atoms with Gasteiger partial charge >= 0.3 is 13.2 Å². The Kier molecular flexibility index (Phi) is 8.29. The molecule has 9 heteroatoms. The third-order valence-corrected chi connectivity index (χ3v) is 3.59. The minimum Gasteiger partial charge on any atom is -0.435 e. The van der Waals surface area contributed by atoms with Crippen LogP contribution in [0.5, 0.6) is 5.75 Å². The molecule has 0 bridgehead atoms. The number of nitrogens with one attached hydrogen (secondary N) is 1. The Morgan fingerprint density at radius 1 is 1.19 bits per heavy atom. The van der Waals surface area contributed by atoms with Crippen LogP contribution in [0.4, 0.5) is 17.6 Å². The first kappa shape index (κ1) is 22.2. The van der Waals surface area contributed by atoms with Gasteiger partial charge in [0.1, 0.15) is 5.75 Å². The van der Waals surface area contributed by atoms with E-state index in [1.807, 2.05) is 0 Å². The fourth-order valence-corrected chi connectivity index (χ4v) is 2.03. The second-order valence-electron chi connectivity index (χ2n) is 6.75. The summed E-state index contributed by atoms with van der Waals surface area (Å²) < 4.78 is 57.9. The number of aliphatic hydroxyl groups is 1. The van der Waals surface area contributed by atoms with E-state index in [9.17, 15) is 27.5 Å². The van der Waals surface area contributed by atoms with Crippen LogP contribution in [0, 0.1) is 5.41 Å². The normalized spacial score (nSPS) is 14.4. The van der Waals surface area contributed by atoms with E-state index in [0.29, 0.717) is 0 Å². The van der Waals surface area contributed by atoms with Crippen LogP contribution in [0.15, 0.2) is 24.3 Å². The van der Waals surface area contributed by atoms with Gasteiger partial charge in [0.25, 0.3) is 0 Å². The van der Waals surface area contributed by atoms with Crippen molar-refractivity contribution in [3.05, 3.63) is 29.8 Å². The number of hydrogen-bond donors (Lipinski definition) is 2. The molecule has 0 aliphatic rings. The molecule has 0 fully saturated rings. The number of rotatable bonds is 9. The summed E-state index contributed by atoms with van der Waals surface area (Å²) in [4.78, 5) is 12.1. The van der Waals surface area contributed by atoms with Crippen molar-refractivity contribution in [2.45, 2.75) is 52.6 Å². The molecule has 0 saturated heterocycles. The molecule has 5 nitrogen and oxygen atoms in total. The van der Waals surface area contributed by atoms with E-state index < -0.39 is 43.3 Å².